The summed E-state index contributed by atoms with van der Waals surface area (Å²) in [6, 6.07) is 13.4. The quantitative estimate of drug-likeness (QED) is 0.479. The molecule has 144 valence electrons. The maximum atomic E-state index is 11.3. The first-order valence-electron chi connectivity index (χ1n) is 8.74. The molecule has 1 fully saturated rings. The summed E-state index contributed by atoms with van der Waals surface area (Å²) < 4.78 is 7.09. The maximum absolute atomic E-state index is 11.3. The molecule has 1 aliphatic rings. The summed E-state index contributed by atoms with van der Waals surface area (Å²) in [7, 11) is 0. The highest BCUT2D eigenvalue weighted by Crippen LogP contribution is 2.31. The van der Waals surface area contributed by atoms with E-state index in [-0.39, 0.29) is 11.7 Å². The summed E-state index contributed by atoms with van der Waals surface area (Å²) >= 11 is 6.13. The van der Waals surface area contributed by atoms with E-state index in [4.69, 9.17) is 16.3 Å². The molecule has 4 rings (SSSR count). The third kappa shape index (κ3) is 3.72. The fourth-order valence-electron chi connectivity index (χ4n) is 3.32. The highest BCUT2D eigenvalue weighted by molar-refractivity contribution is 6.30. The number of hydrogen-bond acceptors (Lipinski definition) is 7. The molecule has 10 heteroatoms. The number of benzene rings is 2. The SMILES string of the molecule is O=[N+]([O-])c1cccc(C(c2nnnn2-c2cccc(Cl)c2)N2CCOCC2)c1. The van der Waals surface area contributed by atoms with E-state index in [0.29, 0.717) is 37.2 Å². The van der Waals surface area contributed by atoms with Crippen molar-refractivity contribution in [3.05, 3.63) is 75.1 Å². The van der Waals surface area contributed by atoms with Gasteiger partial charge in [0.1, 0.15) is 0 Å². The van der Waals surface area contributed by atoms with Gasteiger partial charge in [-0.25, -0.2) is 0 Å². The van der Waals surface area contributed by atoms with Gasteiger partial charge >= 0.3 is 0 Å². The average Bonchev–Trinajstić information content (AvgIpc) is 3.19. The van der Waals surface area contributed by atoms with E-state index >= 15 is 0 Å². The smallest absolute Gasteiger partial charge is 0.269 e. The minimum absolute atomic E-state index is 0.0255. The van der Waals surface area contributed by atoms with Crippen molar-refractivity contribution in [2.24, 2.45) is 0 Å². The Morgan fingerprint density at radius 2 is 1.93 bits per heavy atom. The van der Waals surface area contributed by atoms with Crippen LogP contribution in [0.25, 0.3) is 5.69 Å². The fraction of sp³-hybridized carbons (Fsp3) is 0.278. The highest BCUT2D eigenvalue weighted by atomic mass is 35.5. The molecule has 2 aromatic carbocycles. The summed E-state index contributed by atoms with van der Waals surface area (Å²) in [5.41, 5.74) is 1.49. The van der Waals surface area contributed by atoms with Gasteiger partial charge in [0.05, 0.1) is 29.9 Å². The van der Waals surface area contributed by atoms with Crippen LogP contribution >= 0.6 is 11.6 Å². The lowest BCUT2D eigenvalue weighted by Crippen LogP contribution is -2.40. The molecule has 1 aliphatic heterocycles. The molecule has 0 saturated carbocycles. The van der Waals surface area contributed by atoms with Gasteiger partial charge in [-0.2, -0.15) is 4.68 Å². The van der Waals surface area contributed by atoms with Gasteiger partial charge in [0.2, 0.25) is 0 Å². The first-order chi connectivity index (χ1) is 13.6. The van der Waals surface area contributed by atoms with Crippen LogP contribution < -0.4 is 0 Å². The van der Waals surface area contributed by atoms with Gasteiger partial charge in [0, 0.05) is 30.2 Å². The predicted octanol–water partition coefficient (Wildman–Crippen LogP) is 2.65. The van der Waals surface area contributed by atoms with Gasteiger partial charge in [-0.15, -0.1) is 5.10 Å². The van der Waals surface area contributed by atoms with Crippen molar-refractivity contribution < 1.29 is 9.66 Å². The Kier molecular flexibility index (Phi) is 5.29. The zero-order chi connectivity index (χ0) is 19.5. The fourth-order valence-corrected chi connectivity index (χ4v) is 3.51. The number of nitrogens with zero attached hydrogens (tertiary/aromatic N) is 6. The lowest BCUT2D eigenvalue weighted by atomic mass is 10.0. The molecule has 3 aromatic rings. The van der Waals surface area contributed by atoms with E-state index < -0.39 is 4.92 Å². The Morgan fingerprint density at radius 1 is 1.14 bits per heavy atom. The molecule has 9 nitrogen and oxygen atoms in total. The number of aromatic nitrogens is 4. The maximum Gasteiger partial charge on any atom is 0.269 e. The molecule has 0 amide bonds. The molecular formula is C18H17ClN6O3. The number of morpholine rings is 1. The minimum Gasteiger partial charge on any atom is -0.379 e. The molecule has 2 heterocycles. The number of halogens is 1. The van der Waals surface area contributed by atoms with Crippen LogP contribution in [0.2, 0.25) is 5.02 Å². The first kappa shape index (κ1) is 18.5. The lowest BCUT2D eigenvalue weighted by Gasteiger charge is -2.33. The number of rotatable bonds is 5. The van der Waals surface area contributed by atoms with Gasteiger partial charge < -0.3 is 4.74 Å². The van der Waals surface area contributed by atoms with Crippen molar-refractivity contribution >= 4 is 17.3 Å². The summed E-state index contributed by atoms with van der Waals surface area (Å²) in [6.07, 6.45) is 0. The standard InChI is InChI=1S/C18H17ClN6O3/c19-14-4-2-5-15(12-14)24-18(20-21-22-24)17(23-7-9-28-10-8-23)13-3-1-6-16(11-13)25(26)27/h1-6,11-12,17H,7-10H2. The van der Waals surface area contributed by atoms with E-state index in [9.17, 15) is 10.1 Å². The van der Waals surface area contributed by atoms with Crippen molar-refractivity contribution in [3.8, 4) is 5.69 Å². The summed E-state index contributed by atoms with van der Waals surface area (Å²) in [5, 5.41) is 24.1. The second kappa shape index (κ2) is 8.01. The number of hydrogen-bond donors (Lipinski definition) is 0. The topological polar surface area (TPSA) is 99.2 Å². The van der Waals surface area contributed by atoms with Crippen LogP contribution in [0.4, 0.5) is 5.69 Å². The molecule has 0 aliphatic carbocycles. The lowest BCUT2D eigenvalue weighted by molar-refractivity contribution is -0.384. The molecule has 1 unspecified atom stereocenters. The Hall–Kier alpha value is -2.88. The Balaban J connectivity index is 1.82. The van der Waals surface area contributed by atoms with E-state index in [1.807, 2.05) is 18.2 Å². The van der Waals surface area contributed by atoms with Crippen LogP contribution in [0.3, 0.4) is 0 Å². The first-order valence-corrected chi connectivity index (χ1v) is 9.11. The molecule has 0 radical (unpaired) electrons. The molecule has 0 spiro atoms. The minimum atomic E-state index is -0.403. The average molecular weight is 401 g/mol. The second-order valence-corrected chi connectivity index (χ2v) is 6.77. The molecule has 0 N–H and O–H groups in total. The molecule has 28 heavy (non-hydrogen) atoms. The second-order valence-electron chi connectivity index (χ2n) is 6.33. The third-order valence-corrected chi connectivity index (χ3v) is 4.83. The molecular weight excluding hydrogens is 384 g/mol. The Morgan fingerprint density at radius 3 is 2.68 bits per heavy atom. The molecule has 1 saturated heterocycles. The molecule has 1 atom stereocenters. The van der Waals surface area contributed by atoms with E-state index in [2.05, 4.69) is 20.4 Å². The van der Waals surface area contributed by atoms with Crippen LogP contribution in [-0.2, 0) is 4.74 Å². The summed E-state index contributed by atoms with van der Waals surface area (Å²) in [5.74, 6) is 0.560. The Bertz CT molecular complexity index is 989. The van der Waals surface area contributed by atoms with Gasteiger partial charge in [-0.3, -0.25) is 15.0 Å². The van der Waals surface area contributed by atoms with Crippen molar-refractivity contribution in [2.75, 3.05) is 26.3 Å². The zero-order valence-electron chi connectivity index (χ0n) is 14.8. The Labute approximate surface area is 165 Å². The normalized spacial score (nSPS) is 16.0. The summed E-state index contributed by atoms with van der Waals surface area (Å²) in [6.45, 7) is 2.47. The van der Waals surface area contributed by atoms with Crippen molar-refractivity contribution in [1.82, 2.24) is 25.1 Å². The van der Waals surface area contributed by atoms with Gasteiger partial charge in [-0.05, 0) is 34.2 Å². The van der Waals surface area contributed by atoms with Crippen LogP contribution in [0.5, 0.6) is 0 Å². The van der Waals surface area contributed by atoms with Crippen LogP contribution in [0, 0.1) is 10.1 Å². The number of tetrazole rings is 1. The van der Waals surface area contributed by atoms with Crippen LogP contribution in [0.15, 0.2) is 48.5 Å². The van der Waals surface area contributed by atoms with Crippen molar-refractivity contribution in [2.45, 2.75) is 6.04 Å². The molecule has 1 aromatic heterocycles. The summed E-state index contributed by atoms with van der Waals surface area (Å²) in [4.78, 5) is 13.0. The third-order valence-electron chi connectivity index (χ3n) is 4.60. The number of nitro benzene ring substituents is 1. The van der Waals surface area contributed by atoms with Crippen LogP contribution in [-0.4, -0.2) is 56.3 Å². The molecule has 0 bridgehead atoms. The van der Waals surface area contributed by atoms with Crippen LogP contribution in [0.1, 0.15) is 17.4 Å². The number of non-ortho nitro benzene ring substituents is 1. The largest absolute Gasteiger partial charge is 0.379 e. The van der Waals surface area contributed by atoms with Gasteiger partial charge in [-0.1, -0.05) is 29.8 Å². The zero-order valence-corrected chi connectivity index (χ0v) is 15.6. The van der Waals surface area contributed by atoms with Gasteiger partial charge in [0.15, 0.2) is 5.82 Å². The highest BCUT2D eigenvalue weighted by Gasteiger charge is 2.30. The van der Waals surface area contributed by atoms with E-state index in [0.717, 1.165) is 11.3 Å². The monoisotopic (exact) mass is 400 g/mol. The van der Waals surface area contributed by atoms with Gasteiger partial charge in [0.25, 0.3) is 5.69 Å². The van der Waals surface area contributed by atoms with E-state index in [1.165, 1.54) is 6.07 Å². The predicted molar refractivity (Wildman–Crippen MR) is 101 cm³/mol. The van der Waals surface area contributed by atoms with Crippen molar-refractivity contribution in [3.63, 3.8) is 0 Å². The van der Waals surface area contributed by atoms with E-state index in [1.54, 1.807) is 28.9 Å². The number of ether oxygens (including phenoxy) is 1. The number of nitro groups is 1. The van der Waals surface area contributed by atoms with Crippen molar-refractivity contribution in [1.29, 1.82) is 0 Å².